The summed E-state index contributed by atoms with van der Waals surface area (Å²) in [5, 5.41) is 9.05. The summed E-state index contributed by atoms with van der Waals surface area (Å²) in [5.41, 5.74) is 0.988. The number of likely N-dealkylation sites (tertiary alicyclic amines) is 1. The number of hydrogen-bond acceptors (Lipinski definition) is 4. The van der Waals surface area contributed by atoms with E-state index in [9.17, 15) is 4.79 Å². The molecule has 1 aliphatic heterocycles. The topological polar surface area (TPSA) is 53.0 Å². The molecule has 1 N–H and O–H groups in total. The van der Waals surface area contributed by atoms with E-state index in [1.165, 1.54) is 0 Å². The van der Waals surface area contributed by atoms with E-state index < -0.39 is 0 Å². The van der Waals surface area contributed by atoms with Crippen LogP contribution in [0.25, 0.3) is 0 Å². The molecule has 2 rings (SSSR count). The number of aliphatic hydroxyl groups is 1. The number of carbonyl (C=O) groups is 1. The lowest BCUT2D eigenvalue weighted by molar-refractivity contribution is 0.0919. The SMILES string of the molecule is CN(C[C@H]1CCCN1CCO)C(=O)OCc1ccccc1. The lowest BCUT2D eigenvalue weighted by Gasteiger charge is -2.27. The van der Waals surface area contributed by atoms with Crippen LogP contribution < -0.4 is 0 Å². The molecule has 0 radical (unpaired) electrons. The lowest BCUT2D eigenvalue weighted by atomic mass is 10.2. The summed E-state index contributed by atoms with van der Waals surface area (Å²) in [6.45, 7) is 2.79. The van der Waals surface area contributed by atoms with Gasteiger partial charge in [0.1, 0.15) is 6.61 Å². The molecular formula is C16H24N2O3. The van der Waals surface area contributed by atoms with Crippen molar-refractivity contribution in [2.45, 2.75) is 25.5 Å². The van der Waals surface area contributed by atoms with Gasteiger partial charge < -0.3 is 14.7 Å². The van der Waals surface area contributed by atoms with Gasteiger partial charge in [-0.3, -0.25) is 4.90 Å². The van der Waals surface area contributed by atoms with Gasteiger partial charge in [0, 0.05) is 26.2 Å². The Morgan fingerprint density at radius 1 is 1.43 bits per heavy atom. The van der Waals surface area contributed by atoms with Gasteiger partial charge in [0.25, 0.3) is 0 Å². The smallest absolute Gasteiger partial charge is 0.409 e. The molecule has 0 saturated carbocycles. The van der Waals surface area contributed by atoms with Gasteiger partial charge in [-0.15, -0.1) is 0 Å². The Bertz CT molecular complexity index is 438. The van der Waals surface area contributed by atoms with Crippen LogP contribution in [0.1, 0.15) is 18.4 Å². The number of β-amino-alcohol motifs (C(OH)–C–C–N with tert-alkyl or cyclic N) is 1. The number of carbonyl (C=O) groups excluding carboxylic acids is 1. The molecule has 0 aromatic heterocycles. The highest BCUT2D eigenvalue weighted by Gasteiger charge is 2.26. The molecule has 5 heteroatoms. The van der Waals surface area contributed by atoms with E-state index in [0.29, 0.717) is 25.7 Å². The minimum absolute atomic E-state index is 0.165. The summed E-state index contributed by atoms with van der Waals surface area (Å²) in [7, 11) is 1.77. The first kappa shape index (κ1) is 15.8. The Labute approximate surface area is 126 Å². The molecule has 1 saturated heterocycles. The zero-order valence-corrected chi connectivity index (χ0v) is 12.6. The van der Waals surface area contributed by atoms with Crippen LogP contribution in [0.4, 0.5) is 4.79 Å². The minimum atomic E-state index is -0.297. The standard InChI is InChI=1S/C16H24N2O3/c1-17(12-15-8-5-9-18(15)10-11-19)16(20)21-13-14-6-3-2-4-7-14/h2-4,6-7,15,19H,5,8-13H2,1H3/t15-/m1/s1. The molecule has 5 nitrogen and oxygen atoms in total. The van der Waals surface area contributed by atoms with Gasteiger partial charge in [-0.05, 0) is 24.9 Å². The lowest BCUT2D eigenvalue weighted by Crippen LogP contribution is -2.42. The maximum atomic E-state index is 12.0. The summed E-state index contributed by atoms with van der Waals surface area (Å²) < 4.78 is 5.31. The molecular weight excluding hydrogens is 268 g/mol. The van der Waals surface area contributed by atoms with Crippen LogP contribution >= 0.6 is 0 Å². The van der Waals surface area contributed by atoms with Crippen LogP contribution in [0, 0.1) is 0 Å². The Balaban J connectivity index is 1.77. The van der Waals surface area contributed by atoms with Gasteiger partial charge in [0.2, 0.25) is 0 Å². The van der Waals surface area contributed by atoms with Gasteiger partial charge >= 0.3 is 6.09 Å². The number of rotatable bonds is 6. The molecule has 1 atom stereocenters. The van der Waals surface area contributed by atoms with Crippen molar-refractivity contribution in [2.24, 2.45) is 0 Å². The van der Waals surface area contributed by atoms with Crippen molar-refractivity contribution in [1.82, 2.24) is 9.80 Å². The Morgan fingerprint density at radius 2 is 2.19 bits per heavy atom. The van der Waals surface area contributed by atoms with E-state index in [1.54, 1.807) is 11.9 Å². The van der Waals surface area contributed by atoms with Crippen molar-refractivity contribution in [3.05, 3.63) is 35.9 Å². The second-order valence-electron chi connectivity index (χ2n) is 5.48. The highest BCUT2D eigenvalue weighted by atomic mass is 16.6. The number of nitrogens with zero attached hydrogens (tertiary/aromatic N) is 2. The summed E-state index contributed by atoms with van der Waals surface area (Å²) >= 11 is 0. The Hall–Kier alpha value is -1.59. The van der Waals surface area contributed by atoms with Crippen LogP contribution in [0.3, 0.4) is 0 Å². The fourth-order valence-corrected chi connectivity index (χ4v) is 2.74. The summed E-state index contributed by atoms with van der Waals surface area (Å²) in [6.07, 6.45) is 1.89. The average Bonchev–Trinajstić information content (AvgIpc) is 2.93. The molecule has 116 valence electrons. The molecule has 0 unspecified atom stereocenters. The summed E-state index contributed by atoms with van der Waals surface area (Å²) in [4.78, 5) is 15.9. The highest BCUT2D eigenvalue weighted by molar-refractivity contribution is 5.67. The molecule has 1 heterocycles. The summed E-state index contributed by atoms with van der Waals surface area (Å²) in [5.74, 6) is 0. The van der Waals surface area contributed by atoms with Crippen molar-refractivity contribution in [3.63, 3.8) is 0 Å². The molecule has 21 heavy (non-hydrogen) atoms. The van der Waals surface area contributed by atoms with Crippen LogP contribution in [-0.2, 0) is 11.3 Å². The molecule has 1 fully saturated rings. The van der Waals surface area contributed by atoms with Crippen LogP contribution in [0.5, 0.6) is 0 Å². The van der Waals surface area contributed by atoms with Gasteiger partial charge in [0.05, 0.1) is 6.61 Å². The van der Waals surface area contributed by atoms with E-state index >= 15 is 0 Å². The van der Waals surface area contributed by atoms with Crippen molar-refractivity contribution >= 4 is 6.09 Å². The Kier molecular flexibility index (Phi) is 6.02. The van der Waals surface area contributed by atoms with Crippen LogP contribution in [-0.4, -0.2) is 60.3 Å². The number of benzene rings is 1. The largest absolute Gasteiger partial charge is 0.445 e. The third-order valence-corrected chi connectivity index (χ3v) is 3.89. The van der Waals surface area contributed by atoms with E-state index in [1.807, 2.05) is 30.3 Å². The van der Waals surface area contributed by atoms with Crippen molar-refractivity contribution in [2.75, 3.05) is 33.3 Å². The molecule has 1 aliphatic rings. The zero-order chi connectivity index (χ0) is 15.1. The van der Waals surface area contributed by atoms with Crippen LogP contribution in [0.2, 0.25) is 0 Å². The third kappa shape index (κ3) is 4.72. The zero-order valence-electron chi connectivity index (χ0n) is 12.6. The molecule has 0 bridgehead atoms. The molecule has 0 aliphatic carbocycles. The van der Waals surface area contributed by atoms with E-state index in [0.717, 1.165) is 24.9 Å². The van der Waals surface area contributed by atoms with Crippen molar-refractivity contribution in [1.29, 1.82) is 0 Å². The summed E-state index contributed by atoms with van der Waals surface area (Å²) in [6, 6.07) is 10.00. The molecule has 0 spiro atoms. The van der Waals surface area contributed by atoms with Gasteiger partial charge in [-0.25, -0.2) is 4.79 Å². The van der Waals surface area contributed by atoms with Gasteiger partial charge in [-0.2, -0.15) is 0 Å². The number of hydrogen-bond donors (Lipinski definition) is 1. The fourth-order valence-electron chi connectivity index (χ4n) is 2.74. The maximum absolute atomic E-state index is 12.0. The predicted octanol–water partition coefficient (Wildman–Crippen LogP) is 1.71. The van der Waals surface area contributed by atoms with E-state index in [4.69, 9.17) is 9.84 Å². The number of ether oxygens (including phenoxy) is 1. The second-order valence-corrected chi connectivity index (χ2v) is 5.48. The minimum Gasteiger partial charge on any atom is -0.445 e. The molecule has 1 aromatic carbocycles. The van der Waals surface area contributed by atoms with E-state index in [-0.39, 0.29) is 12.7 Å². The normalized spacial score (nSPS) is 18.7. The van der Waals surface area contributed by atoms with E-state index in [2.05, 4.69) is 4.90 Å². The molecule has 1 amide bonds. The highest BCUT2D eigenvalue weighted by Crippen LogP contribution is 2.17. The predicted molar refractivity (Wildman–Crippen MR) is 80.9 cm³/mol. The second kappa shape index (κ2) is 8.00. The first-order valence-corrected chi connectivity index (χ1v) is 7.47. The number of amides is 1. The number of aliphatic hydroxyl groups excluding tert-OH is 1. The van der Waals surface area contributed by atoms with Crippen molar-refractivity contribution in [3.8, 4) is 0 Å². The fraction of sp³-hybridized carbons (Fsp3) is 0.562. The molecule has 1 aromatic rings. The monoisotopic (exact) mass is 292 g/mol. The number of likely N-dealkylation sites (N-methyl/N-ethyl adjacent to an activating group) is 1. The quantitative estimate of drug-likeness (QED) is 0.867. The Morgan fingerprint density at radius 3 is 2.90 bits per heavy atom. The first-order chi connectivity index (χ1) is 10.2. The van der Waals surface area contributed by atoms with Crippen molar-refractivity contribution < 1.29 is 14.6 Å². The first-order valence-electron chi connectivity index (χ1n) is 7.47. The van der Waals surface area contributed by atoms with Gasteiger partial charge in [0.15, 0.2) is 0 Å². The third-order valence-electron chi connectivity index (χ3n) is 3.89. The average molecular weight is 292 g/mol. The maximum Gasteiger partial charge on any atom is 0.409 e. The van der Waals surface area contributed by atoms with Crippen LogP contribution in [0.15, 0.2) is 30.3 Å². The van der Waals surface area contributed by atoms with Gasteiger partial charge in [-0.1, -0.05) is 30.3 Å².